The van der Waals surface area contributed by atoms with Crippen LogP contribution < -0.4 is 10.1 Å². The molecule has 3 rings (SSSR count). The number of rotatable bonds is 5. The minimum Gasteiger partial charge on any atom is -0.479 e. The second-order valence-electron chi connectivity index (χ2n) is 4.78. The maximum absolute atomic E-state index is 12.3. The molecular weight excluding hydrogens is 332 g/mol. The number of amides is 1. The van der Waals surface area contributed by atoms with Crippen molar-refractivity contribution in [3.63, 3.8) is 0 Å². The third kappa shape index (κ3) is 3.66. The van der Waals surface area contributed by atoms with E-state index in [4.69, 9.17) is 16.3 Å². The monoisotopic (exact) mass is 344 g/mol. The van der Waals surface area contributed by atoms with Crippen LogP contribution in [0, 0.1) is 0 Å². The van der Waals surface area contributed by atoms with Gasteiger partial charge in [0.25, 0.3) is 5.91 Å². The summed E-state index contributed by atoms with van der Waals surface area (Å²) in [6.07, 6.45) is 3.46. The SMILES string of the molecule is C[C@@H](Oc1ccccc1Cl)C(=O)Nc1cc(-n2cncn2)ncn1. The van der Waals surface area contributed by atoms with Gasteiger partial charge in [-0.1, -0.05) is 23.7 Å². The van der Waals surface area contributed by atoms with E-state index in [9.17, 15) is 4.79 Å². The predicted octanol–water partition coefficient (Wildman–Crippen LogP) is 2.12. The molecule has 0 fully saturated rings. The lowest BCUT2D eigenvalue weighted by Gasteiger charge is -2.15. The molecule has 1 amide bonds. The lowest BCUT2D eigenvalue weighted by Crippen LogP contribution is -2.30. The minimum absolute atomic E-state index is 0.329. The number of para-hydroxylation sites is 1. The van der Waals surface area contributed by atoms with Gasteiger partial charge in [0.1, 0.15) is 30.5 Å². The standard InChI is InChI=1S/C15H13ClN6O2/c1-10(24-12-5-3-2-4-11(12)16)15(23)21-13-6-14(19-8-18-13)22-9-17-7-20-22/h2-10H,1H3,(H,18,19,21,23)/t10-/m1/s1. The number of carbonyl (C=O) groups is 1. The van der Waals surface area contributed by atoms with E-state index in [1.165, 1.54) is 23.7 Å². The number of ether oxygens (including phenoxy) is 1. The van der Waals surface area contributed by atoms with E-state index in [-0.39, 0.29) is 5.91 Å². The van der Waals surface area contributed by atoms with E-state index < -0.39 is 6.10 Å². The first-order valence-electron chi connectivity index (χ1n) is 7.02. The molecule has 2 aromatic heterocycles. The molecule has 122 valence electrons. The molecule has 9 heteroatoms. The molecule has 8 nitrogen and oxygen atoms in total. The Balaban J connectivity index is 1.68. The zero-order valence-electron chi connectivity index (χ0n) is 12.6. The maximum Gasteiger partial charge on any atom is 0.266 e. The largest absolute Gasteiger partial charge is 0.479 e. The van der Waals surface area contributed by atoms with Crippen LogP contribution in [-0.4, -0.2) is 36.7 Å². The number of anilines is 1. The molecule has 0 aliphatic carbocycles. The first-order valence-corrected chi connectivity index (χ1v) is 7.40. The molecule has 1 aromatic carbocycles. The van der Waals surface area contributed by atoms with Gasteiger partial charge in [-0.25, -0.2) is 19.6 Å². The van der Waals surface area contributed by atoms with E-state index >= 15 is 0 Å². The van der Waals surface area contributed by atoms with E-state index in [1.807, 2.05) is 0 Å². The summed E-state index contributed by atoms with van der Waals surface area (Å²) in [4.78, 5) is 24.2. The average Bonchev–Trinajstić information content (AvgIpc) is 3.12. The average molecular weight is 345 g/mol. The minimum atomic E-state index is -0.755. The zero-order chi connectivity index (χ0) is 16.9. The van der Waals surface area contributed by atoms with Gasteiger partial charge in [-0.15, -0.1) is 0 Å². The third-order valence-corrected chi connectivity index (χ3v) is 3.38. The zero-order valence-corrected chi connectivity index (χ0v) is 13.4. The molecule has 0 spiro atoms. The van der Waals surface area contributed by atoms with Crippen molar-refractivity contribution >= 4 is 23.3 Å². The number of carbonyl (C=O) groups excluding carboxylic acids is 1. The molecule has 1 atom stereocenters. The van der Waals surface area contributed by atoms with Gasteiger partial charge in [0.2, 0.25) is 0 Å². The van der Waals surface area contributed by atoms with Gasteiger partial charge in [-0.05, 0) is 19.1 Å². The number of nitrogens with zero attached hydrogens (tertiary/aromatic N) is 5. The Labute approximate surface area is 142 Å². The molecule has 0 saturated carbocycles. The number of benzene rings is 1. The molecule has 3 aromatic rings. The van der Waals surface area contributed by atoms with Crippen LogP contribution in [0.2, 0.25) is 5.02 Å². The molecule has 0 saturated heterocycles. The second kappa shape index (κ2) is 7.05. The van der Waals surface area contributed by atoms with Crippen LogP contribution >= 0.6 is 11.6 Å². The fraction of sp³-hybridized carbons (Fsp3) is 0.133. The molecule has 1 N–H and O–H groups in total. The molecular formula is C15H13ClN6O2. The summed E-state index contributed by atoms with van der Waals surface area (Å²) in [5.74, 6) is 0.888. The fourth-order valence-electron chi connectivity index (χ4n) is 1.88. The Hall–Kier alpha value is -3.00. The quantitative estimate of drug-likeness (QED) is 0.761. The Bertz CT molecular complexity index is 839. The van der Waals surface area contributed by atoms with Gasteiger partial charge in [0.15, 0.2) is 11.9 Å². The Kier molecular flexibility index (Phi) is 4.66. The molecule has 0 aliphatic rings. The Morgan fingerprint density at radius 3 is 2.88 bits per heavy atom. The van der Waals surface area contributed by atoms with Crippen LogP contribution in [0.25, 0.3) is 5.82 Å². The normalized spacial score (nSPS) is 11.8. The molecule has 24 heavy (non-hydrogen) atoms. The van der Waals surface area contributed by atoms with Crippen molar-refractivity contribution < 1.29 is 9.53 Å². The summed E-state index contributed by atoms with van der Waals surface area (Å²) in [7, 11) is 0. The van der Waals surface area contributed by atoms with Crippen LogP contribution in [0.15, 0.2) is 49.3 Å². The summed E-state index contributed by atoms with van der Waals surface area (Å²) in [6, 6.07) is 8.53. The first-order chi connectivity index (χ1) is 11.6. The maximum atomic E-state index is 12.3. The van der Waals surface area contributed by atoms with E-state index in [0.29, 0.717) is 22.4 Å². The van der Waals surface area contributed by atoms with Crippen LogP contribution in [0.1, 0.15) is 6.92 Å². The molecule has 0 aliphatic heterocycles. The van der Waals surface area contributed by atoms with Gasteiger partial charge in [0, 0.05) is 6.07 Å². The lowest BCUT2D eigenvalue weighted by molar-refractivity contribution is -0.122. The summed E-state index contributed by atoms with van der Waals surface area (Å²) >= 11 is 6.02. The van der Waals surface area contributed by atoms with Crippen molar-refractivity contribution in [2.24, 2.45) is 0 Å². The molecule has 0 radical (unpaired) electrons. The van der Waals surface area contributed by atoms with Crippen molar-refractivity contribution in [1.29, 1.82) is 0 Å². The number of hydrogen-bond acceptors (Lipinski definition) is 6. The highest BCUT2D eigenvalue weighted by atomic mass is 35.5. The van der Waals surface area contributed by atoms with Crippen LogP contribution in [0.4, 0.5) is 5.82 Å². The Morgan fingerprint density at radius 2 is 2.12 bits per heavy atom. The highest BCUT2D eigenvalue weighted by Crippen LogP contribution is 2.24. The number of aromatic nitrogens is 5. The van der Waals surface area contributed by atoms with Crippen LogP contribution in [0.3, 0.4) is 0 Å². The molecule has 0 unspecified atom stereocenters. The van der Waals surface area contributed by atoms with E-state index in [0.717, 1.165) is 0 Å². The highest BCUT2D eigenvalue weighted by molar-refractivity contribution is 6.32. The van der Waals surface area contributed by atoms with E-state index in [2.05, 4.69) is 25.4 Å². The first kappa shape index (κ1) is 15.9. The second-order valence-corrected chi connectivity index (χ2v) is 5.19. The topological polar surface area (TPSA) is 94.8 Å². The van der Waals surface area contributed by atoms with Gasteiger partial charge in [-0.2, -0.15) is 5.10 Å². The van der Waals surface area contributed by atoms with Crippen molar-refractivity contribution in [2.45, 2.75) is 13.0 Å². The number of halogens is 1. The van der Waals surface area contributed by atoms with Crippen molar-refractivity contribution in [3.8, 4) is 11.6 Å². The van der Waals surface area contributed by atoms with Crippen LogP contribution in [0.5, 0.6) is 5.75 Å². The Morgan fingerprint density at radius 1 is 1.29 bits per heavy atom. The van der Waals surface area contributed by atoms with Crippen molar-refractivity contribution in [2.75, 3.05) is 5.32 Å². The van der Waals surface area contributed by atoms with Gasteiger partial charge in [-0.3, -0.25) is 4.79 Å². The van der Waals surface area contributed by atoms with Gasteiger partial charge >= 0.3 is 0 Å². The van der Waals surface area contributed by atoms with Crippen molar-refractivity contribution in [3.05, 3.63) is 54.3 Å². The summed E-state index contributed by atoms with van der Waals surface area (Å²) in [6.45, 7) is 1.62. The van der Waals surface area contributed by atoms with Crippen LogP contribution in [-0.2, 0) is 4.79 Å². The molecule has 0 bridgehead atoms. The lowest BCUT2D eigenvalue weighted by atomic mass is 10.3. The number of nitrogens with one attached hydrogen (secondary N) is 1. The summed E-state index contributed by atoms with van der Waals surface area (Å²) in [5.41, 5.74) is 0. The number of hydrogen-bond donors (Lipinski definition) is 1. The van der Waals surface area contributed by atoms with E-state index in [1.54, 1.807) is 37.3 Å². The van der Waals surface area contributed by atoms with Gasteiger partial charge < -0.3 is 10.1 Å². The fourth-order valence-corrected chi connectivity index (χ4v) is 2.06. The summed E-state index contributed by atoms with van der Waals surface area (Å²) < 4.78 is 7.03. The van der Waals surface area contributed by atoms with Gasteiger partial charge in [0.05, 0.1) is 5.02 Å². The summed E-state index contributed by atoms with van der Waals surface area (Å²) in [5, 5.41) is 7.07. The predicted molar refractivity (Wildman–Crippen MR) is 87.1 cm³/mol. The molecule has 2 heterocycles. The van der Waals surface area contributed by atoms with Crippen molar-refractivity contribution in [1.82, 2.24) is 24.7 Å². The highest BCUT2D eigenvalue weighted by Gasteiger charge is 2.17. The smallest absolute Gasteiger partial charge is 0.266 e. The third-order valence-electron chi connectivity index (χ3n) is 3.07.